The Hall–Kier alpha value is -3.09. The first-order valence-corrected chi connectivity index (χ1v) is 9.79. The fourth-order valence-corrected chi connectivity index (χ4v) is 3.49. The van der Waals surface area contributed by atoms with Crippen LogP contribution >= 0.6 is 23.8 Å². The summed E-state index contributed by atoms with van der Waals surface area (Å²) in [4.78, 5) is 14.3. The van der Waals surface area contributed by atoms with Crippen LogP contribution in [0.15, 0.2) is 70.8 Å². The first-order valence-electron chi connectivity index (χ1n) is 9.01. The predicted molar refractivity (Wildman–Crippen MR) is 118 cm³/mol. The monoisotopic (exact) mass is 424 g/mol. The molecular formula is C22H17ClN2O3S. The van der Waals surface area contributed by atoms with Crippen LogP contribution in [0.3, 0.4) is 0 Å². The molecule has 0 saturated carbocycles. The van der Waals surface area contributed by atoms with Crippen molar-refractivity contribution in [2.45, 2.75) is 6.92 Å². The van der Waals surface area contributed by atoms with E-state index in [1.165, 1.54) is 4.90 Å². The lowest BCUT2D eigenvalue weighted by Crippen LogP contribution is -2.30. The van der Waals surface area contributed by atoms with E-state index in [4.69, 9.17) is 33.0 Å². The molecule has 146 valence electrons. The highest BCUT2D eigenvalue weighted by molar-refractivity contribution is 7.80. The minimum absolute atomic E-state index is 0.250. The van der Waals surface area contributed by atoms with Gasteiger partial charge in [0, 0.05) is 16.7 Å². The summed E-state index contributed by atoms with van der Waals surface area (Å²) in [5.41, 5.74) is 1.87. The van der Waals surface area contributed by atoms with Crippen LogP contribution in [0.5, 0.6) is 5.75 Å². The topological polar surface area (TPSA) is 54.7 Å². The fraction of sp³-hybridized carbons (Fsp3) is 0.0909. The van der Waals surface area contributed by atoms with Gasteiger partial charge in [-0.1, -0.05) is 23.7 Å². The van der Waals surface area contributed by atoms with Gasteiger partial charge in [0.2, 0.25) is 0 Å². The number of furan rings is 1. The molecule has 0 atom stereocenters. The van der Waals surface area contributed by atoms with E-state index >= 15 is 0 Å². The Morgan fingerprint density at radius 3 is 2.69 bits per heavy atom. The number of hydrogen-bond donors (Lipinski definition) is 1. The lowest BCUT2D eigenvalue weighted by Gasteiger charge is -2.14. The van der Waals surface area contributed by atoms with E-state index in [0.29, 0.717) is 39.6 Å². The van der Waals surface area contributed by atoms with E-state index in [2.05, 4.69) is 5.32 Å². The number of amides is 1. The van der Waals surface area contributed by atoms with Crippen LogP contribution in [0.2, 0.25) is 5.02 Å². The van der Waals surface area contributed by atoms with Gasteiger partial charge in [0.1, 0.15) is 23.0 Å². The Bertz CT molecular complexity index is 1110. The molecule has 0 radical (unpaired) electrons. The maximum absolute atomic E-state index is 12.9. The van der Waals surface area contributed by atoms with Gasteiger partial charge in [-0.25, -0.2) is 0 Å². The summed E-state index contributed by atoms with van der Waals surface area (Å²) in [6, 6.07) is 18.2. The van der Waals surface area contributed by atoms with Crippen molar-refractivity contribution in [3.8, 4) is 17.1 Å². The smallest absolute Gasteiger partial charge is 0.281 e. The lowest BCUT2D eigenvalue weighted by atomic mass is 10.2. The lowest BCUT2D eigenvalue weighted by molar-refractivity contribution is -0.113. The second-order valence-corrected chi connectivity index (χ2v) is 7.09. The first kappa shape index (κ1) is 19.2. The average molecular weight is 425 g/mol. The highest BCUT2D eigenvalue weighted by Crippen LogP contribution is 2.28. The summed E-state index contributed by atoms with van der Waals surface area (Å²) in [7, 11) is 0. The number of hydrogen-bond acceptors (Lipinski definition) is 4. The Balaban J connectivity index is 1.56. The van der Waals surface area contributed by atoms with Crippen LogP contribution in [-0.2, 0) is 4.79 Å². The van der Waals surface area contributed by atoms with Crippen LogP contribution in [-0.4, -0.2) is 17.6 Å². The molecule has 1 aromatic heterocycles. The Morgan fingerprint density at radius 2 is 1.97 bits per heavy atom. The first-order chi connectivity index (χ1) is 14.0. The molecule has 1 saturated heterocycles. The standard InChI is InChI=1S/C22H17ClN2O3S/c1-2-27-17-8-6-16(7-9-17)25-21(26)19(24-22(25)29)13-18-10-11-20(28-18)14-4-3-5-15(23)12-14/h3-13H,2H2,1H3,(H,24,29)/b19-13+. The number of benzene rings is 2. The molecule has 3 aromatic rings. The van der Waals surface area contributed by atoms with Gasteiger partial charge in [-0.15, -0.1) is 0 Å². The maximum Gasteiger partial charge on any atom is 0.281 e. The van der Waals surface area contributed by atoms with E-state index in [0.717, 1.165) is 11.3 Å². The van der Waals surface area contributed by atoms with E-state index in [-0.39, 0.29) is 5.91 Å². The van der Waals surface area contributed by atoms with Gasteiger partial charge in [-0.3, -0.25) is 9.69 Å². The van der Waals surface area contributed by atoms with Crippen molar-refractivity contribution in [1.82, 2.24) is 5.32 Å². The Labute approximate surface area is 178 Å². The van der Waals surface area contributed by atoms with Gasteiger partial charge in [0.25, 0.3) is 5.91 Å². The van der Waals surface area contributed by atoms with Crippen molar-refractivity contribution >= 4 is 46.6 Å². The number of anilines is 1. The molecule has 7 heteroatoms. The van der Waals surface area contributed by atoms with E-state index in [9.17, 15) is 4.79 Å². The molecule has 1 fully saturated rings. The summed E-state index contributed by atoms with van der Waals surface area (Å²) in [5.74, 6) is 1.68. The normalized spacial score (nSPS) is 15.1. The largest absolute Gasteiger partial charge is 0.494 e. The molecule has 29 heavy (non-hydrogen) atoms. The zero-order valence-electron chi connectivity index (χ0n) is 15.5. The van der Waals surface area contributed by atoms with Crippen LogP contribution in [0, 0.1) is 0 Å². The van der Waals surface area contributed by atoms with Crippen LogP contribution < -0.4 is 15.0 Å². The second-order valence-electron chi connectivity index (χ2n) is 6.27. The second kappa shape index (κ2) is 8.11. The molecule has 1 aliphatic rings. The number of carbonyl (C=O) groups is 1. The molecule has 5 nitrogen and oxygen atoms in total. The van der Waals surface area contributed by atoms with Crippen LogP contribution in [0.1, 0.15) is 12.7 Å². The summed E-state index contributed by atoms with van der Waals surface area (Å²) >= 11 is 11.4. The average Bonchev–Trinajstić information content (AvgIpc) is 3.28. The zero-order chi connectivity index (χ0) is 20.4. The van der Waals surface area contributed by atoms with Gasteiger partial charge in [-0.05, 0) is 67.7 Å². The molecule has 0 unspecified atom stereocenters. The number of carbonyl (C=O) groups excluding carboxylic acids is 1. The third-order valence-corrected chi connectivity index (χ3v) is 4.83. The summed E-state index contributed by atoms with van der Waals surface area (Å²) < 4.78 is 11.3. The minimum atomic E-state index is -0.250. The van der Waals surface area contributed by atoms with Gasteiger partial charge >= 0.3 is 0 Å². The van der Waals surface area contributed by atoms with Gasteiger partial charge in [0.05, 0.1) is 12.3 Å². The van der Waals surface area contributed by atoms with Crippen LogP contribution in [0.4, 0.5) is 5.69 Å². The third kappa shape index (κ3) is 4.04. The van der Waals surface area contributed by atoms with Crippen molar-refractivity contribution < 1.29 is 13.9 Å². The van der Waals surface area contributed by atoms with E-state index in [1.807, 2.05) is 31.2 Å². The Morgan fingerprint density at radius 1 is 1.17 bits per heavy atom. The fourth-order valence-electron chi connectivity index (χ4n) is 3.00. The quantitative estimate of drug-likeness (QED) is 0.447. The van der Waals surface area contributed by atoms with Crippen LogP contribution in [0.25, 0.3) is 17.4 Å². The predicted octanol–water partition coefficient (Wildman–Crippen LogP) is 5.26. The number of nitrogens with zero attached hydrogens (tertiary/aromatic N) is 1. The van der Waals surface area contributed by atoms with Gasteiger partial charge in [-0.2, -0.15) is 0 Å². The van der Waals surface area contributed by atoms with Crippen molar-refractivity contribution in [2.75, 3.05) is 11.5 Å². The van der Waals surface area contributed by atoms with Gasteiger partial charge < -0.3 is 14.5 Å². The maximum atomic E-state index is 12.9. The molecule has 1 N–H and O–H groups in total. The van der Waals surface area contributed by atoms with Crippen molar-refractivity contribution in [1.29, 1.82) is 0 Å². The molecule has 0 bridgehead atoms. The summed E-state index contributed by atoms with van der Waals surface area (Å²) in [6.45, 7) is 2.50. The molecule has 2 heterocycles. The molecule has 4 rings (SSSR count). The molecule has 1 aliphatic heterocycles. The molecule has 0 spiro atoms. The Kier molecular flexibility index (Phi) is 5.38. The number of rotatable bonds is 5. The number of thiocarbonyl (C=S) groups is 1. The summed E-state index contributed by atoms with van der Waals surface area (Å²) in [5, 5.41) is 3.89. The molecule has 2 aromatic carbocycles. The highest BCUT2D eigenvalue weighted by Gasteiger charge is 2.32. The number of halogens is 1. The zero-order valence-corrected chi connectivity index (χ0v) is 17.1. The number of ether oxygens (including phenoxy) is 1. The van der Waals surface area contributed by atoms with E-state index in [1.54, 1.807) is 42.5 Å². The van der Waals surface area contributed by atoms with Gasteiger partial charge in [0.15, 0.2) is 5.11 Å². The van der Waals surface area contributed by atoms with Crippen molar-refractivity contribution in [3.05, 3.63) is 77.1 Å². The summed E-state index contributed by atoms with van der Waals surface area (Å²) in [6.07, 6.45) is 1.64. The number of nitrogens with one attached hydrogen (secondary N) is 1. The SMILES string of the molecule is CCOc1ccc(N2C(=O)/C(=C\c3ccc(-c4cccc(Cl)c4)o3)NC2=S)cc1. The van der Waals surface area contributed by atoms with E-state index < -0.39 is 0 Å². The third-order valence-electron chi connectivity index (χ3n) is 4.31. The van der Waals surface area contributed by atoms with Crippen molar-refractivity contribution in [2.24, 2.45) is 0 Å². The minimum Gasteiger partial charge on any atom is -0.494 e. The van der Waals surface area contributed by atoms with Crippen molar-refractivity contribution in [3.63, 3.8) is 0 Å². The highest BCUT2D eigenvalue weighted by atomic mass is 35.5. The molecular weight excluding hydrogens is 408 g/mol. The molecule has 0 aliphatic carbocycles. The molecule has 1 amide bonds.